The van der Waals surface area contributed by atoms with E-state index in [0.717, 1.165) is 5.56 Å². The lowest BCUT2D eigenvalue weighted by molar-refractivity contribution is 0.287. The normalized spacial score (nSPS) is 11.3. The molecule has 2 aromatic rings. The number of hydrogen-bond acceptors (Lipinski definition) is 4. The van der Waals surface area contributed by atoms with Crippen molar-refractivity contribution in [1.82, 2.24) is 4.72 Å². The number of benzene rings is 2. The van der Waals surface area contributed by atoms with Gasteiger partial charge in [0, 0.05) is 11.0 Å². The molecule has 0 heterocycles. The number of halogens is 1. The first-order valence-electron chi connectivity index (χ1n) is 8.10. The molecule has 0 saturated carbocycles. The highest BCUT2D eigenvalue weighted by Crippen LogP contribution is 2.28. The van der Waals surface area contributed by atoms with E-state index in [2.05, 4.69) is 20.7 Å². The molecule has 0 aliphatic heterocycles. The average Bonchev–Trinajstić information content (AvgIpc) is 2.57. The van der Waals surface area contributed by atoms with Crippen LogP contribution in [0.5, 0.6) is 11.5 Å². The van der Waals surface area contributed by atoms with Crippen molar-refractivity contribution in [3.63, 3.8) is 0 Å². The highest BCUT2D eigenvalue weighted by atomic mass is 79.9. The van der Waals surface area contributed by atoms with E-state index in [4.69, 9.17) is 9.47 Å². The number of ether oxygens (including phenoxy) is 2. The molecule has 2 rings (SSSR count). The van der Waals surface area contributed by atoms with Crippen LogP contribution in [0.1, 0.15) is 19.4 Å². The maximum absolute atomic E-state index is 12.4. The van der Waals surface area contributed by atoms with Crippen LogP contribution in [-0.2, 0) is 16.4 Å². The predicted octanol–water partition coefficient (Wildman–Crippen LogP) is 3.77. The summed E-state index contributed by atoms with van der Waals surface area (Å²) in [7, 11) is -3.55. The Morgan fingerprint density at radius 1 is 1.00 bits per heavy atom. The lowest BCUT2D eigenvalue weighted by Crippen LogP contribution is -2.26. The molecule has 0 bridgehead atoms. The van der Waals surface area contributed by atoms with Crippen molar-refractivity contribution in [3.8, 4) is 11.5 Å². The van der Waals surface area contributed by atoms with Crippen LogP contribution < -0.4 is 14.2 Å². The molecule has 0 saturated heterocycles. The van der Waals surface area contributed by atoms with E-state index in [9.17, 15) is 8.42 Å². The summed E-state index contributed by atoms with van der Waals surface area (Å²) >= 11 is 3.27. The highest BCUT2D eigenvalue weighted by molar-refractivity contribution is 9.10. The molecule has 0 spiro atoms. The van der Waals surface area contributed by atoms with Gasteiger partial charge in [-0.05, 0) is 66.0 Å². The van der Waals surface area contributed by atoms with Gasteiger partial charge in [-0.2, -0.15) is 0 Å². The van der Waals surface area contributed by atoms with Crippen molar-refractivity contribution in [1.29, 1.82) is 0 Å². The van der Waals surface area contributed by atoms with E-state index in [0.29, 0.717) is 42.2 Å². The van der Waals surface area contributed by atoms with Gasteiger partial charge >= 0.3 is 0 Å². The van der Waals surface area contributed by atoms with Gasteiger partial charge in [0.1, 0.15) is 0 Å². The summed E-state index contributed by atoms with van der Waals surface area (Å²) in [5.41, 5.74) is 0.974. The fraction of sp³-hybridized carbons (Fsp3) is 0.333. The van der Waals surface area contributed by atoms with Crippen LogP contribution in [0.2, 0.25) is 0 Å². The van der Waals surface area contributed by atoms with Crippen molar-refractivity contribution in [3.05, 3.63) is 52.5 Å². The Balaban J connectivity index is 2.04. The molecule has 7 heteroatoms. The second-order valence-electron chi connectivity index (χ2n) is 5.23. The molecule has 0 unspecified atom stereocenters. The lowest BCUT2D eigenvalue weighted by Gasteiger charge is -2.13. The zero-order valence-corrected chi connectivity index (χ0v) is 16.7. The van der Waals surface area contributed by atoms with Gasteiger partial charge in [0.2, 0.25) is 10.0 Å². The predicted molar refractivity (Wildman–Crippen MR) is 102 cm³/mol. The Hall–Kier alpha value is -1.57. The molecule has 0 aliphatic rings. The Labute approximate surface area is 157 Å². The molecule has 136 valence electrons. The fourth-order valence-corrected chi connectivity index (χ4v) is 4.35. The molecule has 25 heavy (non-hydrogen) atoms. The number of rotatable bonds is 9. The van der Waals surface area contributed by atoms with Crippen LogP contribution in [0.25, 0.3) is 0 Å². The molecular weight excluding hydrogens is 406 g/mol. The zero-order chi connectivity index (χ0) is 18.3. The highest BCUT2D eigenvalue weighted by Gasteiger charge is 2.16. The van der Waals surface area contributed by atoms with Crippen molar-refractivity contribution in [2.24, 2.45) is 0 Å². The van der Waals surface area contributed by atoms with Crippen molar-refractivity contribution < 1.29 is 17.9 Å². The summed E-state index contributed by atoms with van der Waals surface area (Å²) in [5.74, 6) is 1.37. The second-order valence-corrected chi connectivity index (χ2v) is 7.82. The molecule has 0 radical (unpaired) electrons. The Bertz CT molecular complexity index is 808. The van der Waals surface area contributed by atoms with Gasteiger partial charge in [-0.15, -0.1) is 0 Å². The summed E-state index contributed by atoms with van der Waals surface area (Å²) in [6.07, 6.45) is 0.552. The third-order valence-electron chi connectivity index (χ3n) is 3.44. The van der Waals surface area contributed by atoms with Crippen LogP contribution in [0.15, 0.2) is 51.8 Å². The molecule has 1 N–H and O–H groups in total. The van der Waals surface area contributed by atoms with Crippen LogP contribution >= 0.6 is 15.9 Å². The van der Waals surface area contributed by atoms with E-state index in [1.54, 1.807) is 24.3 Å². The third kappa shape index (κ3) is 5.45. The van der Waals surface area contributed by atoms with Crippen LogP contribution in [-0.4, -0.2) is 28.2 Å². The van der Waals surface area contributed by atoms with Gasteiger partial charge < -0.3 is 9.47 Å². The molecule has 5 nitrogen and oxygen atoms in total. The summed E-state index contributed by atoms with van der Waals surface area (Å²) in [4.78, 5) is 0.233. The molecule has 0 aromatic heterocycles. The first-order valence-corrected chi connectivity index (χ1v) is 10.4. The van der Waals surface area contributed by atoms with Crippen molar-refractivity contribution in [2.45, 2.75) is 25.2 Å². The van der Waals surface area contributed by atoms with Gasteiger partial charge in [0.15, 0.2) is 11.5 Å². The summed E-state index contributed by atoms with van der Waals surface area (Å²) in [6.45, 7) is 5.22. The lowest BCUT2D eigenvalue weighted by atomic mass is 10.1. The van der Waals surface area contributed by atoms with E-state index >= 15 is 0 Å². The largest absolute Gasteiger partial charge is 0.490 e. The monoisotopic (exact) mass is 427 g/mol. The Morgan fingerprint density at radius 2 is 1.68 bits per heavy atom. The molecule has 2 aromatic carbocycles. The topological polar surface area (TPSA) is 64.6 Å². The van der Waals surface area contributed by atoms with Crippen molar-refractivity contribution >= 4 is 26.0 Å². The van der Waals surface area contributed by atoms with Crippen LogP contribution in [0.3, 0.4) is 0 Å². The summed E-state index contributed by atoms with van der Waals surface area (Å²) in [5, 5.41) is 0. The summed E-state index contributed by atoms with van der Waals surface area (Å²) in [6, 6.07) is 12.4. The molecule has 0 aliphatic carbocycles. The fourth-order valence-electron chi connectivity index (χ4n) is 2.32. The maximum atomic E-state index is 12.4. The number of sulfonamides is 1. The number of nitrogens with one attached hydrogen (secondary N) is 1. The number of hydrogen-bond donors (Lipinski definition) is 1. The quantitative estimate of drug-likeness (QED) is 0.661. The first-order chi connectivity index (χ1) is 12.0. The van der Waals surface area contributed by atoms with Gasteiger partial charge in [-0.1, -0.05) is 18.2 Å². The maximum Gasteiger partial charge on any atom is 0.241 e. The van der Waals surface area contributed by atoms with E-state index in [-0.39, 0.29) is 4.90 Å². The minimum Gasteiger partial charge on any atom is -0.490 e. The Kier molecular flexibility index (Phi) is 7.28. The summed E-state index contributed by atoms with van der Waals surface area (Å²) < 4.78 is 39.0. The van der Waals surface area contributed by atoms with Crippen LogP contribution in [0.4, 0.5) is 0 Å². The van der Waals surface area contributed by atoms with E-state index in [1.807, 2.05) is 32.0 Å². The smallest absolute Gasteiger partial charge is 0.241 e. The van der Waals surface area contributed by atoms with Gasteiger partial charge in [0.05, 0.1) is 18.1 Å². The van der Waals surface area contributed by atoms with Gasteiger partial charge in [0.25, 0.3) is 0 Å². The van der Waals surface area contributed by atoms with Crippen LogP contribution in [0, 0.1) is 0 Å². The van der Waals surface area contributed by atoms with E-state index in [1.165, 1.54) is 0 Å². The minimum absolute atomic E-state index is 0.233. The first kappa shape index (κ1) is 19.8. The third-order valence-corrected chi connectivity index (χ3v) is 5.91. The Morgan fingerprint density at radius 3 is 2.36 bits per heavy atom. The molecule has 0 amide bonds. The second kappa shape index (κ2) is 9.22. The van der Waals surface area contributed by atoms with Crippen molar-refractivity contribution in [2.75, 3.05) is 19.8 Å². The van der Waals surface area contributed by atoms with Gasteiger partial charge in [-0.25, -0.2) is 13.1 Å². The zero-order valence-electron chi connectivity index (χ0n) is 14.3. The SMILES string of the molecule is CCOc1ccc(CCNS(=O)(=O)c2ccccc2Br)cc1OCC. The minimum atomic E-state index is -3.55. The molecular formula is C18H22BrNO4S. The standard InChI is InChI=1S/C18H22BrNO4S/c1-3-23-16-10-9-14(13-17(16)24-4-2)11-12-20-25(21,22)18-8-6-5-7-15(18)19/h5-10,13,20H,3-4,11-12H2,1-2H3. The van der Waals surface area contributed by atoms with Gasteiger partial charge in [-0.3, -0.25) is 0 Å². The van der Waals surface area contributed by atoms with E-state index < -0.39 is 10.0 Å². The molecule has 0 atom stereocenters. The average molecular weight is 428 g/mol. The molecule has 0 fully saturated rings.